The summed E-state index contributed by atoms with van der Waals surface area (Å²) in [5, 5.41) is 3.70. The Morgan fingerprint density at radius 3 is 2.91 bits per heavy atom. The molecule has 1 saturated carbocycles. The van der Waals surface area contributed by atoms with E-state index in [4.69, 9.17) is 0 Å². The molecule has 0 aromatic rings. The highest BCUT2D eigenvalue weighted by Crippen LogP contribution is 2.43. The van der Waals surface area contributed by atoms with Gasteiger partial charge in [-0.15, -0.1) is 0 Å². The highest BCUT2D eigenvalue weighted by Gasteiger charge is 2.42. The van der Waals surface area contributed by atoms with Gasteiger partial charge in [0.1, 0.15) is 0 Å². The monoisotopic (exact) mass is 153 g/mol. The Kier molecular flexibility index (Phi) is 1.71. The van der Waals surface area contributed by atoms with Crippen molar-refractivity contribution in [1.29, 1.82) is 0 Å². The molecule has 1 saturated heterocycles. The molecule has 2 aliphatic rings. The Bertz CT molecular complexity index is 155. The zero-order chi connectivity index (χ0) is 7.90. The van der Waals surface area contributed by atoms with Gasteiger partial charge in [-0.25, -0.2) is 0 Å². The van der Waals surface area contributed by atoms with Crippen molar-refractivity contribution in [2.75, 3.05) is 0 Å². The Hall–Kier alpha value is -0.0400. The van der Waals surface area contributed by atoms with Gasteiger partial charge in [0.15, 0.2) is 0 Å². The fraction of sp³-hybridized carbons (Fsp3) is 1.00. The number of hydrogen-bond donors (Lipinski definition) is 1. The molecule has 2 fully saturated rings. The average molecular weight is 153 g/mol. The minimum absolute atomic E-state index is 0.650. The van der Waals surface area contributed by atoms with Gasteiger partial charge in [-0.3, -0.25) is 0 Å². The topological polar surface area (TPSA) is 12.0 Å². The van der Waals surface area contributed by atoms with Crippen molar-refractivity contribution in [2.45, 2.75) is 58.0 Å². The maximum absolute atomic E-state index is 3.70. The lowest BCUT2D eigenvalue weighted by molar-refractivity contribution is 0.197. The standard InChI is InChI=1S/C10H19N/c1-8-7-10(2)6-4-3-5-9(10)11-8/h8-9,11H,3-7H2,1-2H3/t8?,9-,10-/m0/s1. The van der Waals surface area contributed by atoms with Crippen LogP contribution in [0.5, 0.6) is 0 Å². The molecule has 1 unspecified atom stereocenters. The number of fused-ring (bicyclic) bond motifs is 1. The van der Waals surface area contributed by atoms with Crippen LogP contribution in [0.3, 0.4) is 0 Å². The molecule has 1 heteroatoms. The Balaban J connectivity index is 2.11. The Labute approximate surface area is 69.6 Å². The second kappa shape index (κ2) is 2.48. The van der Waals surface area contributed by atoms with E-state index in [-0.39, 0.29) is 0 Å². The van der Waals surface area contributed by atoms with Crippen LogP contribution >= 0.6 is 0 Å². The molecule has 0 aromatic carbocycles. The highest BCUT2D eigenvalue weighted by atomic mass is 15.0. The SMILES string of the molecule is CC1C[C@]2(C)CCCC[C@@H]2N1. The molecule has 1 nitrogen and oxygen atoms in total. The van der Waals surface area contributed by atoms with Crippen LogP contribution in [0.2, 0.25) is 0 Å². The maximum Gasteiger partial charge on any atom is 0.0124 e. The molecule has 1 aliphatic heterocycles. The summed E-state index contributed by atoms with van der Waals surface area (Å²) in [5.74, 6) is 0. The fourth-order valence-corrected chi connectivity index (χ4v) is 3.03. The molecular formula is C10H19N. The normalized spacial score (nSPS) is 50.7. The first-order valence-electron chi connectivity index (χ1n) is 4.97. The molecule has 0 aromatic heterocycles. The third kappa shape index (κ3) is 1.20. The van der Waals surface area contributed by atoms with Crippen LogP contribution in [0.25, 0.3) is 0 Å². The molecule has 0 amide bonds. The first-order valence-corrected chi connectivity index (χ1v) is 4.97. The summed E-state index contributed by atoms with van der Waals surface area (Å²) in [6, 6.07) is 1.61. The molecule has 3 atom stereocenters. The van der Waals surface area contributed by atoms with Gasteiger partial charge >= 0.3 is 0 Å². The van der Waals surface area contributed by atoms with E-state index in [0.717, 1.165) is 12.1 Å². The number of rotatable bonds is 0. The lowest BCUT2D eigenvalue weighted by Gasteiger charge is -2.35. The van der Waals surface area contributed by atoms with Crippen molar-refractivity contribution in [3.8, 4) is 0 Å². The molecule has 0 spiro atoms. The second-order valence-corrected chi connectivity index (χ2v) is 4.72. The summed E-state index contributed by atoms with van der Waals surface area (Å²) in [6.45, 7) is 4.79. The molecule has 1 aliphatic carbocycles. The van der Waals surface area contributed by atoms with Crippen LogP contribution in [-0.4, -0.2) is 12.1 Å². The molecular weight excluding hydrogens is 134 g/mol. The van der Waals surface area contributed by atoms with E-state index in [0.29, 0.717) is 5.41 Å². The van der Waals surface area contributed by atoms with Gasteiger partial charge in [-0.2, -0.15) is 0 Å². The fourth-order valence-electron chi connectivity index (χ4n) is 3.03. The third-order valence-electron chi connectivity index (χ3n) is 3.59. The lowest BCUT2D eigenvalue weighted by Crippen LogP contribution is -2.37. The summed E-state index contributed by atoms with van der Waals surface area (Å²) in [7, 11) is 0. The summed E-state index contributed by atoms with van der Waals surface area (Å²) in [6.07, 6.45) is 7.18. The second-order valence-electron chi connectivity index (χ2n) is 4.72. The van der Waals surface area contributed by atoms with Crippen molar-refractivity contribution in [3.63, 3.8) is 0 Å². The zero-order valence-corrected chi connectivity index (χ0v) is 7.69. The van der Waals surface area contributed by atoms with Crippen molar-refractivity contribution in [3.05, 3.63) is 0 Å². The molecule has 64 valence electrons. The summed E-state index contributed by atoms with van der Waals surface area (Å²) in [4.78, 5) is 0. The number of nitrogens with one attached hydrogen (secondary N) is 1. The quantitative estimate of drug-likeness (QED) is 0.563. The zero-order valence-electron chi connectivity index (χ0n) is 7.69. The molecule has 0 radical (unpaired) electrons. The largest absolute Gasteiger partial charge is 0.311 e. The van der Waals surface area contributed by atoms with Gasteiger partial charge in [0.05, 0.1) is 0 Å². The van der Waals surface area contributed by atoms with Crippen LogP contribution in [0.1, 0.15) is 46.0 Å². The van der Waals surface area contributed by atoms with Crippen LogP contribution in [0, 0.1) is 5.41 Å². The first kappa shape index (κ1) is 7.60. The predicted molar refractivity (Wildman–Crippen MR) is 47.6 cm³/mol. The average Bonchev–Trinajstić information content (AvgIpc) is 2.22. The van der Waals surface area contributed by atoms with Crippen LogP contribution in [-0.2, 0) is 0 Å². The molecule has 2 rings (SSSR count). The van der Waals surface area contributed by atoms with Gasteiger partial charge in [-0.05, 0) is 31.6 Å². The van der Waals surface area contributed by atoms with E-state index in [1.54, 1.807) is 0 Å². The third-order valence-corrected chi connectivity index (χ3v) is 3.59. The van der Waals surface area contributed by atoms with E-state index >= 15 is 0 Å². The molecule has 1 N–H and O–H groups in total. The minimum Gasteiger partial charge on any atom is -0.311 e. The molecule has 0 bridgehead atoms. The Morgan fingerprint density at radius 2 is 2.18 bits per heavy atom. The van der Waals surface area contributed by atoms with Crippen LogP contribution in [0.15, 0.2) is 0 Å². The van der Waals surface area contributed by atoms with E-state index in [2.05, 4.69) is 19.2 Å². The van der Waals surface area contributed by atoms with Gasteiger partial charge < -0.3 is 5.32 Å². The molecule has 11 heavy (non-hydrogen) atoms. The van der Waals surface area contributed by atoms with Gasteiger partial charge in [0, 0.05) is 12.1 Å². The van der Waals surface area contributed by atoms with Gasteiger partial charge in [0.25, 0.3) is 0 Å². The van der Waals surface area contributed by atoms with E-state index in [1.807, 2.05) is 0 Å². The van der Waals surface area contributed by atoms with E-state index < -0.39 is 0 Å². The first-order chi connectivity index (χ1) is 5.21. The molecule has 1 heterocycles. The predicted octanol–water partition coefficient (Wildman–Crippen LogP) is 2.32. The van der Waals surface area contributed by atoms with E-state index in [9.17, 15) is 0 Å². The van der Waals surface area contributed by atoms with Crippen molar-refractivity contribution in [1.82, 2.24) is 5.32 Å². The summed E-state index contributed by atoms with van der Waals surface area (Å²) < 4.78 is 0. The number of hydrogen-bond acceptors (Lipinski definition) is 1. The summed E-state index contributed by atoms with van der Waals surface area (Å²) in [5.41, 5.74) is 0.650. The van der Waals surface area contributed by atoms with Gasteiger partial charge in [0.2, 0.25) is 0 Å². The summed E-state index contributed by atoms with van der Waals surface area (Å²) >= 11 is 0. The Morgan fingerprint density at radius 1 is 1.36 bits per heavy atom. The van der Waals surface area contributed by atoms with Crippen molar-refractivity contribution in [2.24, 2.45) is 5.41 Å². The van der Waals surface area contributed by atoms with Crippen LogP contribution in [0.4, 0.5) is 0 Å². The lowest BCUT2D eigenvalue weighted by atomic mass is 9.72. The van der Waals surface area contributed by atoms with E-state index in [1.165, 1.54) is 32.1 Å². The van der Waals surface area contributed by atoms with Crippen molar-refractivity contribution < 1.29 is 0 Å². The highest BCUT2D eigenvalue weighted by molar-refractivity contribution is 4.99. The van der Waals surface area contributed by atoms with Crippen molar-refractivity contribution >= 4 is 0 Å². The van der Waals surface area contributed by atoms with Crippen LogP contribution < -0.4 is 5.32 Å². The van der Waals surface area contributed by atoms with Gasteiger partial charge in [-0.1, -0.05) is 19.8 Å². The minimum atomic E-state index is 0.650. The maximum atomic E-state index is 3.70. The smallest absolute Gasteiger partial charge is 0.0124 e.